The third kappa shape index (κ3) is 3.72. The van der Waals surface area contributed by atoms with Crippen LogP contribution in [0.5, 0.6) is 0 Å². The molecule has 0 rings (SSSR count). The quantitative estimate of drug-likeness (QED) is 0.655. The van der Waals surface area contributed by atoms with Crippen molar-refractivity contribution >= 4 is 5.97 Å². The molecule has 0 amide bonds. The van der Waals surface area contributed by atoms with Gasteiger partial charge in [0.25, 0.3) is 0 Å². The van der Waals surface area contributed by atoms with Crippen LogP contribution in [0.15, 0.2) is 0 Å². The van der Waals surface area contributed by atoms with Gasteiger partial charge in [0.15, 0.2) is 0 Å². The highest BCUT2D eigenvalue weighted by atomic mass is 16.5. The van der Waals surface area contributed by atoms with E-state index in [9.17, 15) is 4.79 Å². The lowest BCUT2D eigenvalue weighted by molar-refractivity contribution is -0.153. The molecule has 0 bridgehead atoms. The first kappa shape index (κ1) is 11.4. The van der Waals surface area contributed by atoms with Crippen molar-refractivity contribution in [3.8, 4) is 0 Å². The van der Waals surface area contributed by atoms with Gasteiger partial charge in [-0.2, -0.15) is 0 Å². The van der Waals surface area contributed by atoms with Gasteiger partial charge >= 0.3 is 5.97 Å². The maximum absolute atomic E-state index is 11.3. The predicted molar refractivity (Wildman–Crippen MR) is 48.7 cm³/mol. The Balaban J connectivity index is 4.06. The highest BCUT2D eigenvalue weighted by molar-refractivity contribution is 5.80. The minimum absolute atomic E-state index is 0.0859. The molecular weight excluding hydrogens is 154 g/mol. The summed E-state index contributed by atoms with van der Waals surface area (Å²) in [7, 11) is 0. The molecule has 0 aromatic heterocycles. The molecule has 2 N–H and O–H groups in total. The molecule has 0 saturated carbocycles. The number of ether oxygens (including phenoxy) is 1. The fourth-order valence-electron chi connectivity index (χ4n) is 0.970. The van der Waals surface area contributed by atoms with Gasteiger partial charge in [-0.1, -0.05) is 13.3 Å². The molecule has 0 saturated heterocycles. The monoisotopic (exact) mass is 173 g/mol. The zero-order valence-corrected chi connectivity index (χ0v) is 8.39. The van der Waals surface area contributed by atoms with Gasteiger partial charge in [0.1, 0.15) is 5.54 Å². The molecular formula is C9H19NO2. The molecule has 0 aliphatic carbocycles. The van der Waals surface area contributed by atoms with E-state index in [2.05, 4.69) is 0 Å². The maximum atomic E-state index is 11.3. The first-order chi connectivity index (χ1) is 5.40. The molecule has 3 nitrogen and oxygen atoms in total. The molecule has 1 unspecified atom stereocenters. The fourth-order valence-corrected chi connectivity index (χ4v) is 0.970. The van der Waals surface area contributed by atoms with Crippen LogP contribution in [0, 0.1) is 0 Å². The predicted octanol–water partition coefficient (Wildman–Crippen LogP) is 1.46. The summed E-state index contributed by atoms with van der Waals surface area (Å²) in [6, 6.07) is 0. The highest BCUT2D eigenvalue weighted by Gasteiger charge is 2.29. The normalized spacial score (nSPS) is 15.8. The lowest BCUT2D eigenvalue weighted by Crippen LogP contribution is -2.46. The molecule has 0 aromatic rings. The van der Waals surface area contributed by atoms with Crippen molar-refractivity contribution in [2.24, 2.45) is 5.73 Å². The van der Waals surface area contributed by atoms with Crippen molar-refractivity contribution in [3.63, 3.8) is 0 Å². The molecule has 3 heteroatoms. The van der Waals surface area contributed by atoms with Crippen LogP contribution in [0.4, 0.5) is 0 Å². The van der Waals surface area contributed by atoms with E-state index in [4.69, 9.17) is 10.5 Å². The van der Waals surface area contributed by atoms with Gasteiger partial charge in [-0.25, -0.2) is 0 Å². The second kappa shape index (κ2) is 4.45. The van der Waals surface area contributed by atoms with Gasteiger partial charge in [-0.05, 0) is 27.2 Å². The van der Waals surface area contributed by atoms with Crippen LogP contribution in [-0.2, 0) is 9.53 Å². The van der Waals surface area contributed by atoms with Crippen LogP contribution in [-0.4, -0.2) is 17.6 Å². The molecule has 0 spiro atoms. The first-order valence-electron chi connectivity index (χ1n) is 4.40. The molecule has 0 aliphatic rings. The third-order valence-electron chi connectivity index (χ3n) is 1.58. The number of esters is 1. The Morgan fingerprint density at radius 2 is 2.08 bits per heavy atom. The van der Waals surface area contributed by atoms with Gasteiger partial charge in [0.2, 0.25) is 0 Å². The van der Waals surface area contributed by atoms with Crippen LogP contribution in [0.1, 0.15) is 40.5 Å². The average Bonchev–Trinajstić information content (AvgIpc) is 1.85. The maximum Gasteiger partial charge on any atom is 0.326 e. The number of carbonyl (C=O) groups is 1. The number of nitrogens with two attached hydrogens (primary N) is 1. The van der Waals surface area contributed by atoms with E-state index in [1.54, 1.807) is 6.92 Å². The third-order valence-corrected chi connectivity index (χ3v) is 1.58. The van der Waals surface area contributed by atoms with Crippen molar-refractivity contribution < 1.29 is 9.53 Å². The zero-order chi connectivity index (χ0) is 9.78. The summed E-state index contributed by atoms with van der Waals surface area (Å²) in [5, 5.41) is 0. The summed E-state index contributed by atoms with van der Waals surface area (Å²) in [5.41, 5.74) is 4.92. The van der Waals surface area contributed by atoms with Gasteiger partial charge in [0, 0.05) is 0 Å². The molecule has 0 aromatic carbocycles. The summed E-state index contributed by atoms with van der Waals surface area (Å²) in [4.78, 5) is 11.3. The number of rotatable bonds is 4. The van der Waals surface area contributed by atoms with E-state index >= 15 is 0 Å². The Labute approximate surface area is 74.3 Å². The van der Waals surface area contributed by atoms with Gasteiger partial charge in [-0.15, -0.1) is 0 Å². The molecule has 0 fully saturated rings. The SMILES string of the molecule is CCCC(C)(N)C(=O)OC(C)C. The standard InChI is InChI=1S/C9H19NO2/c1-5-6-9(4,10)8(11)12-7(2)3/h7H,5-6,10H2,1-4H3. The van der Waals surface area contributed by atoms with E-state index in [-0.39, 0.29) is 12.1 Å². The molecule has 12 heavy (non-hydrogen) atoms. The Bertz CT molecular complexity index is 153. The lowest BCUT2D eigenvalue weighted by atomic mass is 9.98. The highest BCUT2D eigenvalue weighted by Crippen LogP contribution is 2.11. The van der Waals surface area contributed by atoms with Crippen LogP contribution in [0.25, 0.3) is 0 Å². The summed E-state index contributed by atoms with van der Waals surface area (Å²) in [6.45, 7) is 7.34. The molecule has 72 valence electrons. The molecule has 0 aliphatic heterocycles. The summed E-state index contributed by atoms with van der Waals surface area (Å²) in [6.07, 6.45) is 1.47. The van der Waals surface area contributed by atoms with E-state index in [1.807, 2.05) is 20.8 Å². The number of carbonyl (C=O) groups excluding carboxylic acids is 1. The average molecular weight is 173 g/mol. The first-order valence-corrected chi connectivity index (χ1v) is 4.40. The van der Waals surface area contributed by atoms with Crippen LogP contribution in [0.2, 0.25) is 0 Å². The number of hydrogen-bond acceptors (Lipinski definition) is 3. The van der Waals surface area contributed by atoms with E-state index in [0.29, 0.717) is 6.42 Å². The minimum Gasteiger partial charge on any atom is -0.462 e. The smallest absolute Gasteiger partial charge is 0.326 e. The summed E-state index contributed by atoms with van der Waals surface area (Å²) < 4.78 is 5.00. The van der Waals surface area contributed by atoms with Crippen molar-refractivity contribution in [2.45, 2.75) is 52.2 Å². The van der Waals surface area contributed by atoms with Crippen LogP contribution < -0.4 is 5.73 Å². The van der Waals surface area contributed by atoms with Crippen LogP contribution >= 0.6 is 0 Å². The lowest BCUT2D eigenvalue weighted by Gasteiger charge is -2.23. The Kier molecular flexibility index (Phi) is 4.24. The van der Waals surface area contributed by atoms with Gasteiger partial charge < -0.3 is 10.5 Å². The van der Waals surface area contributed by atoms with Crippen molar-refractivity contribution in [3.05, 3.63) is 0 Å². The topological polar surface area (TPSA) is 52.3 Å². The Morgan fingerprint density at radius 1 is 1.58 bits per heavy atom. The zero-order valence-electron chi connectivity index (χ0n) is 8.39. The second-order valence-corrected chi connectivity index (χ2v) is 3.62. The largest absolute Gasteiger partial charge is 0.462 e. The van der Waals surface area contributed by atoms with Crippen molar-refractivity contribution in [1.82, 2.24) is 0 Å². The van der Waals surface area contributed by atoms with Gasteiger partial charge in [-0.3, -0.25) is 4.79 Å². The van der Waals surface area contributed by atoms with E-state index < -0.39 is 5.54 Å². The molecule has 0 heterocycles. The minimum atomic E-state index is -0.820. The molecule has 0 radical (unpaired) electrons. The van der Waals surface area contributed by atoms with E-state index in [1.165, 1.54) is 0 Å². The summed E-state index contributed by atoms with van der Waals surface area (Å²) >= 11 is 0. The van der Waals surface area contributed by atoms with Crippen LogP contribution in [0.3, 0.4) is 0 Å². The van der Waals surface area contributed by atoms with E-state index in [0.717, 1.165) is 6.42 Å². The van der Waals surface area contributed by atoms with Gasteiger partial charge in [0.05, 0.1) is 6.10 Å². The second-order valence-electron chi connectivity index (χ2n) is 3.62. The Hall–Kier alpha value is -0.570. The summed E-state index contributed by atoms with van der Waals surface area (Å²) in [5.74, 6) is -0.306. The number of hydrogen-bond donors (Lipinski definition) is 1. The molecule has 1 atom stereocenters. The fraction of sp³-hybridized carbons (Fsp3) is 0.889. The Morgan fingerprint density at radius 3 is 2.42 bits per heavy atom. The van der Waals surface area contributed by atoms with Crippen molar-refractivity contribution in [2.75, 3.05) is 0 Å². The van der Waals surface area contributed by atoms with Crippen molar-refractivity contribution in [1.29, 1.82) is 0 Å².